The number of halogens is 2. The van der Waals surface area contributed by atoms with Crippen LogP contribution in [0.25, 0.3) is 0 Å². The van der Waals surface area contributed by atoms with Gasteiger partial charge in [-0.25, -0.2) is 8.78 Å². The van der Waals surface area contributed by atoms with Gasteiger partial charge in [-0.2, -0.15) is 0 Å². The minimum atomic E-state index is -0.777. The summed E-state index contributed by atoms with van der Waals surface area (Å²) in [6, 6.07) is 4.49. The Morgan fingerprint density at radius 3 is 2.74 bits per heavy atom. The lowest BCUT2D eigenvalue weighted by atomic mass is 9.78. The first kappa shape index (κ1) is 13.0. The van der Waals surface area contributed by atoms with Crippen LogP contribution < -0.4 is 5.73 Å². The third-order valence-electron chi connectivity index (χ3n) is 4.62. The molecule has 1 saturated carbocycles. The van der Waals surface area contributed by atoms with Crippen molar-refractivity contribution in [2.75, 3.05) is 13.1 Å². The zero-order valence-electron chi connectivity index (χ0n) is 11.0. The number of nitrogens with zero attached hydrogens (tertiary/aromatic N) is 1. The van der Waals surface area contributed by atoms with E-state index in [4.69, 9.17) is 5.73 Å². The van der Waals surface area contributed by atoms with Crippen molar-refractivity contribution in [3.8, 4) is 0 Å². The molecule has 2 N–H and O–H groups in total. The van der Waals surface area contributed by atoms with Gasteiger partial charge in [0.1, 0.15) is 0 Å². The summed E-state index contributed by atoms with van der Waals surface area (Å²) in [5.74, 6) is -0.264. The number of fused-ring (bicyclic) bond motifs is 1. The molecule has 1 aliphatic carbocycles. The Kier molecular flexibility index (Phi) is 3.54. The predicted molar refractivity (Wildman–Crippen MR) is 70.4 cm³/mol. The summed E-state index contributed by atoms with van der Waals surface area (Å²) in [7, 11) is 0. The van der Waals surface area contributed by atoms with Crippen molar-refractivity contribution in [3.63, 3.8) is 0 Å². The van der Waals surface area contributed by atoms with Gasteiger partial charge in [0.2, 0.25) is 0 Å². The number of hydrogen-bond acceptors (Lipinski definition) is 2. The predicted octanol–water partition coefficient (Wildman–Crippen LogP) is 2.52. The van der Waals surface area contributed by atoms with Gasteiger partial charge in [-0.3, -0.25) is 4.90 Å². The molecule has 0 radical (unpaired) electrons. The van der Waals surface area contributed by atoms with Gasteiger partial charge < -0.3 is 5.73 Å². The van der Waals surface area contributed by atoms with Crippen LogP contribution in [0.5, 0.6) is 0 Å². The van der Waals surface area contributed by atoms with Crippen molar-refractivity contribution < 1.29 is 8.78 Å². The van der Waals surface area contributed by atoms with Crippen molar-refractivity contribution in [3.05, 3.63) is 35.4 Å². The average Bonchev–Trinajstić information content (AvgIpc) is 2.78. The van der Waals surface area contributed by atoms with Crippen LogP contribution in [0.15, 0.2) is 18.2 Å². The van der Waals surface area contributed by atoms with Crippen molar-refractivity contribution in [2.24, 2.45) is 17.6 Å². The fourth-order valence-electron chi connectivity index (χ4n) is 3.63. The summed E-state index contributed by atoms with van der Waals surface area (Å²) in [5.41, 5.74) is 7.02. The highest BCUT2D eigenvalue weighted by Gasteiger charge is 2.38. The Labute approximate surface area is 112 Å². The molecule has 3 atom stereocenters. The zero-order chi connectivity index (χ0) is 13.4. The summed E-state index contributed by atoms with van der Waals surface area (Å²) in [6.45, 7) is 2.72. The fraction of sp³-hybridized carbons (Fsp3) is 0.600. The summed E-state index contributed by atoms with van der Waals surface area (Å²) in [6.07, 6.45) is 3.61. The van der Waals surface area contributed by atoms with Crippen molar-refractivity contribution in [1.29, 1.82) is 0 Å². The van der Waals surface area contributed by atoms with Crippen LogP contribution >= 0.6 is 0 Å². The Balaban J connectivity index is 1.66. The molecule has 1 aliphatic heterocycles. The summed E-state index contributed by atoms with van der Waals surface area (Å²) in [4.78, 5) is 2.33. The van der Waals surface area contributed by atoms with Crippen LogP contribution in [0.1, 0.15) is 24.8 Å². The van der Waals surface area contributed by atoms with E-state index in [2.05, 4.69) is 4.90 Å². The van der Waals surface area contributed by atoms with Crippen LogP contribution in [-0.4, -0.2) is 24.0 Å². The van der Waals surface area contributed by atoms with Gasteiger partial charge in [-0.05, 0) is 42.4 Å². The maximum atomic E-state index is 13.2. The SMILES string of the molecule is NC1CCCC2CN(Cc3ccc(F)c(F)c3)CC12. The zero-order valence-corrected chi connectivity index (χ0v) is 11.0. The molecule has 0 aromatic heterocycles. The van der Waals surface area contributed by atoms with Crippen LogP contribution in [0, 0.1) is 23.5 Å². The molecule has 0 spiro atoms. The van der Waals surface area contributed by atoms with E-state index in [-0.39, 0.29) is 0 Å². The first-order valence-corrected chi connectivity index (χ1v) is 7.05. The number of likely N-dealkylation sites (tertiary alicyclic amines) is 1. The van der Waals surface area contributed by atoms with Crippen molar-refractivity contribution in [2.45, 2.75) is 31.8 Å². The van der Waals surface area contributed by atoms with Crippen LogP contribution in [0.2, 0.25) is 0 Å². The summed E-state index contributed by atoms with van der Waals surface area (Å²) < 4.78 is 26.1. The quantitative estimate of drug-likeness (QED) is 0.891. The van der Waals surface area contributed by atoms with E-state index < -0.39 is 11.6 Å². The first-order chi connectivity index (χ1) is 9.13. The second-order valence-electron chi connectivity index (χ2n) is 5.96. The minimum absolute atomic E-state index is 0.314. The van der Waals surface area contributed by atoms with Gasteiger partial charge in [-0.1, -0.05) is 12.5 Å². The highest BCUT2D eigenvalue weighted by atomic mass is 19.2. The Morgan fingerprint density at radius 1 is 1.16 bits per heavy atom. The highest BCUT2D eigenvalue weighted by Crippen LogP contribution is 2.36. The normalized spacial score (nSPS) is 31.4. The van der Waals surface area contributed by atoms with Crippen LogP contribution in [0.4, 0.5) is 8.78 Å². The van der Waals surface area contributed by atoms with Crippen LogP contribution in [-0.2, 0) is 6.54 Å². The molecule has 3 rings (SSSR count). The average molecular weight is 266 g/mol. The topological polar surface area (TPSA) is 29.3 Å². The third kappa shape index (κ3) is 2.65. The summed E-state index contributed by atoms with van der Waals surface area (Å²) >= 11 is 0. The number of nitrogens with two attached hydrogens (primary N) is 1. The molecule has 1 aromatic rings. The van der Waals surface area contributed by atoms with Gasteiger partial charge in [-0.15, -0.1) is 0 Å². The molecular weight excluding hydrogens is 246 g/mol. The molecule has 2 nitrogen and oxygen atoms in total. The Hall–Kier alpha value is -1.00. The second-order valence-corrected chi connectivity index (χ2v) is 5.96. The van der Waals surface area contributed by atoms with E-state index in [9.17, 15) is 8.78 Å². The molecule has 0 bridgehead atoms. The van der Waals surface area contributed by atoms with Crippen molar-refractivity contribution in [1.82, 2.24) is 4.90 Å². The maximum Gasteiger partial charge on any atom is 0.159 e. The molecule has 2 fully saturated rings. The Bertz CT molecular complexity index is 463. The van der Waals surface area contributed by atoms with Gasteiger partial charge in [0.05, 0.1) is 0 Å². The number of benzene rings is 1. The number of rotatable bonds is 2. The molecule has 1 saturated heterocycles. The number of hydrogen-bond donors (Lipinski definition) is 1. The van der Waals surface area contributed by atoms with Gasteiger partial charge in [0.15, 0.2) is 11.6 Å². The molecule has 2 aliphatic rings. The lowest BCUT2D eigenvalue weighted by Gasteiger charge is -2.29. The van der Waals surface area contributed by atoms with Crippen molar-refractivity contribution >= 4 is 0 Å². The van der Waals surface area contributed by atoms with E-state index in [1.54, 1.807) is 6.07 Å². The minimum Gasteiger partial charge on any atom is -0.327 e. The monoisotopic (exact) mass is 266 g/mol. The fourth-order valence-corrected chi connectivity index (χ4v) is 3.63. The van der Waals surface area contributed by atoms with E-state index >= 15 is 0 Å². The van der Waals surface area contributed by atoms with Gasteiger partial charge >= 0.3 is 0 Å². The molecule has 1 aromatic carbocycles. The van der Waals surface area contributed by atoms with E-state index in [1.165, 1.54) is 25.0 Å². The largest absolute Gasteiger partial charge is 0.327 e. The Morgan fingerprint density at radius 2 is 2.00 bits per heavy atom. The third-order valence-corrected chi connectivity index (χ3v) is 4.62. The lowest BCUT2D eigenvalue weighted by Crippen LogP contribution is -2.38. The van der Waals surface area contributed by atoms with E-state index in [1.807, 2.05) is 0 Å². The second kappa shape index (κ2) is 5.17. The molecule has 19 heavy (non-hydrogen) atoms. The van der Waals surface area contributed by atoms with Crippen LogP contribution in [0.3, 0.4) is 0 Å². The van der Waals surface area contributed by atoms with E-state index in [0.717, 1.165) is 25.1 Å². The molecule has 0 amide bonds. The molecule has 3 unspecified atom stereocenters. The lowest BCUT2D eigenvalue weighted by molar-refractivity contribution is 0.259. The highest BCUT2D eigenvalue weighted by molar-refractivity contribution is 5.18. The standard InChI is InChI=1S/C15H20F2N2/c16-13-5-4-10(6-14(13)17)7-19-8-11-2-1-3-15(18)12(11)9-19/h4-6,11-12,15H,1-3,7-9,18H2. The maximum absolute atomic E-state index is 13.2. The molecular formula is C15H20F2N2. The van der Waals surface area contributed by atoms with Gasteiger partial charge in [0, 0.05) is 25.7 Å². The molecule has 4 heteroatoms. The first-order valence-electron chi connectivity index (χ1n) is 7.05. The smallest absolute Gasteiger partial charge is 0.159 e. The molecule has 104 valence electrons. The van der Waals surface area contributed by atoms with E-state index in [0.29, 0.717) is 24.4 Å². The summed E-state index contributed by atoms with van der Waals surface area (Å²) in [5, 5.41) is 0. The van der Waals surface area contributed by atoms with Gasteiger partial charge in [0.25, 0.3) is 0 Å². The molecule has 1 heterocycles.